The Bertz CT molecular complexity index is 970. The predicted octanol–water partition coefficient (Wildman–Crippen LogP) is 6.54. The molecule has 0 bridgehead atoms. The van der Waals surface area contributed by atoms with E-state index in [2.05, 4.69) is 43.3 Å². The topological polar surface area (TPSA) is 47.9 Å². The van der Waals surface area contributed by atoms with E-state index in [-0.39, 0.29) is 12.0 Å². The number of rotatable bonds is 11. The normalized spacial score (nSPS) is 12.0. The highest BCUT2D eigenvalue weighted by atomic mass is 16.7. The van der Waals surface area contributed by atoms with Crippen LogP contribution in [0.3, 0.4) is 0 Å². The van der Waals surface area contributed by atoms with Crippen molar-refractivity contribution < 1.29 is 19.3 Å². The molecular weight excluding hydrogens is 400 g/mol. The maximum absolute atomic E-state index is 9.79. The number of phenols is 1. The molecule has 1 N–H and O–H groups in total. The highest BCUT2D eigenvalue weighted by molar-refractivity contribution is 5.98. The van der Waals surface area contributed by atoms with Crippen molar-refractivity contribution in [2.24, 2.45) is 0 Å². The lowest BCUT2D eigenvalue weighted by molar-refractivity contribution is -0.152. The second kappa shape index (κ2) is 12.1. The zero-order valence-corrected chi connectivity index (χ0v) is 19.1. The standard InChI is InChI=1S/C28H32O4/c1-4-26(21-10-8-7-9-11-21)28(22-12-16-24(29)17-13-22)23-14-18-25(19-15-23)32-20-27(30-5-2)31-6-3/h7-19,27,29H,4-6,20H2,1-3H3/b28-26-. The summed E-state index contributed by atoms with van der Waals surface area (Å²) >= 11 is 0. The molecule has 0 heterocycles. The van der Waals surface area contributed by atoms with Gasteiger partial charge in [0.2, 0.25) is 0 Å². The lowest BCUT2D eigenvalue weighted by Gasteiger charge is -2.19. The van der Waals surface area contributed by atoms with Crippen molar-refractivity contribution in [2.45, 2.75) is 33.5 Å². The average molecular weight is 433 g/mol. The summed E-state index contributed by atoms with van der Waals surface area (Å²) < 4.78 is 17.0. The van der Waals surface area contributed by atoms with Gasteiger partial charge in [-0.05, 0) is 72.4 Å². The predicted molar refractivity (Wildman–Crippen MR) is 130 cm³/mol. The molecular formula is C28H32O4. The number of aromatic hydroxyl groups is 1. The summed E-state index contributed by atoms with van der Waals surface area (Å²) in [5, 5.41) is 9.79. The van der Waals surface area contributed by atoms with Crippen LogP contribution in [0.5, 0.6) is 11.5 Å². The number of allylic oxidation sites excluding steroid dienone is 1. The van der Waals surface area contributed by atoms with Gasteiger partial charge in [0.25, 0.3) is 0 Å². The van der Waals surface area contributed by atoms with E-state index in [0.717, 1.165) is 28.9 Å². The monoisotopic (exact) mass is 432 g/mol. The van der Waals surface area contributed by atoms with Crippen molar-refractivity contribution >= 4 is 11.1 Å². The van der Waals surface area contributed by atoms with Crippen LogP contribution in [0.2, 0.25) is 0 Å². The molecule has 0 unspecified atom stereocenters. The second-order valence-corrected chi connectivity index (χ2v) is 7.30. The fourth-order valence-electron chi connectivity index (χ4n) is 3.71. The van der Waals surface area contributed by atoms with Crippen molar-refractivity contribution in [1.29, 1.82) is 0 Å². The Hall–Kier alpha value is -3.08. The number of phenolic OH excluding ortho intramolecular Hbond substituents is 1. The highest BCUT2D eigenvalue weighted by Gasteiger charge is 2.14. The molecule has 0 radical (unpaired) electrons. The van der Waals surface area contributed by atoms with Gasteiger partial charge in [0.1, 0.15) is 18.1 Å². The fourth-order valence-corrected chi connectivity index (χ4v) is 3.71. The smallest absolute Gasteiger partial charge is 0.191 e. The Labute approximate surface area is 191 Å². The van der Waals surface area contributed by atoms with Gasteiger partial charge < -0.3 is 19.3 Å². The third-order valence-electron chi connectivity index (χ3n) is 5.17. The van der Waals surface area contributed by atoms with Crippen LogP contribution in [0, 0.1) is 0 Å². The molecule has 32 heavy (non-hydrogen) atoms. The fraction of sp³-hybridized carbons (Fsp3) is 0.286. The van der Waals surface area contributed by atoms with Crippen LogP contribution in [0.15, 0.2) is 78.9 Å². The zero-order chi connectivity index (χ0) is 22.8. The van der Waals surface area contributed by atoms with Crippen LogP contribution in [-0.4, -0.2) is 31.2 Å². The summed E-state index contributed by atoms with van der Waals surface area (Å²) in [5.74, 6) is 1.02. The molecule has 3 rings (SSSR count). The Morgan fingerprint density at radius 1 is 0.719 bits per heavy atom. The van der Waals surface area contributed by atoms with Gasteiger partial charge in [-0.2, -0.15) is 0 Å². The van der Waals surface area contributed by atoms with E-state index < -0.39 is 0 Å². The molecule has 0 aliphatic carbocycles. The van der Waals surface area contributed by atoms with Gasteiger partial charge in [-0.1, -0.05) is 61.5 Å². The van der Waals surface area contributed by atoms with Gasteiger partial charge in [-0.25, -0.2) is 0 Å². The van der Waals surface area contributed by atoms with Crippen LogP contribution < -0.4 is 4.74 Å². The summed E-state index contributed by atoms with van der Waals surface area (Å²) in [6.45, 7) is 7.54. The third kappa shape index (κ3) is 6.22. The number of ether oxygens (including phenoxy) is 3. The van der Waals surface area contributed by atoms with Gasteiger partial charge in [-0.3, -0.25) is 0 Å². The van der Waals surface area contributed by atoms with Crippen molar-refractivity contribution in [3.63, 3.8) is 0 Å². The summed E-state index contributed by atoms with van der Waals surface area (Å²) in [7, 11) is 0. The average Bonchev–Trinajstić information content (AvgIpc) is 2.83. The van der Waals surface area contributed by atoms with Crippen LogP contribution in [0.1, 0.15) is 43.9 Å². The van der Waals surface area contributed by atoms with Gasteiger partial charge >= 0.3 is 0 Å². The lowest BCUT2D eigenvalue weighted by atomic mass is 9.88. The first kappa shape index (κ1) is 23.6. The minimum atomic E-state index is -0.373. The minimum Gasteiger partial charge on any atom is -0.508 e. The summed E-state index contributed by atoms with van der Waals surface area (Å²) in [4.78, 5) is 0. The van der Waals surface area contributed by atoms with Gasteiger partial charge in [-0.15, -0.1) is 0 Å². The van der Waals surface area contributed by atoms with Crippen LogP contribution in [0.4, 0.5) is 0 Å². The quantitative estimate of drug-likeness (QED) is 0.276. The lowest BCUT2D eigenvalue weighted by Crippen LogP contribution is -2.25. The Morgan fingerprint density at radius 3 is 1.81 bits per heavy atom. The van der Waals surface area contributed by atoms with E-state index in [1.54, 1.807) is 12.1 Å². The first-order chi connectivity index (χ1) is 15.7. The second-order valence-electron chi connectivity index (χ2n) is 7.30. The maximum Gasteiger partial charge on any atom is 0.191 e. The SMILES string of the molecule is CCOC(COc1ccc(/C(=C(/CC)c2ccccc2)c2ccc(O)cc2)cc1)OCC. The molecule has 3 aromatic carbocycles. The summed E-state index contributed by atoms with van der Waals surface area (Å²) in [6, 6.07) is 25.9. The Kier molecular flexibility index (Phi) is 8.90. The Morgan fingerprint density at radius 2 is 1.28 bits per heavy atom. The van der Waals surface area contributed by atoms with Crippen LogP contribution >= 0.6 is 0 Å². The molecule has 0 aliphatic rings. The van der Waals surface area contributed by atoms with Crippen molar-refractivity contribution in [2.75, 3.05) is 19.8 Å². The molecule has 0 spiro atoms. The zero-order valence-electron chi connectivity index (χ0n) is 19.1. The maximum atomic E-state index is 9.79. The van der Waals surface area contributed by atoms with E-state index in [1.165, 1.54) is 11.1 Å². The van der Waals surface area contributed by atoms with Gasteiger partial charge in [0, 0.05) is 13.2 Å². The highest BCUT2D eigenvalue weighted by Crippen LogP contribution is 2.35. The molecule has 0 saturated carbocycles. The summed E-state index contributed by atoms with van der Waals surface area (Å²) in [6.07, 6.45) is 0.505. The Balaban J connectivity index is 1.94. The van der Waals surface area contributed by atoms with Crippen LogP contribution in [0.25, 0.3) is 11.1 Å². The number of hydrogen-bond acceptors (Lipinski definition) is 4. The van der Waals surface area contributed by atoms with E-state index in [9.17, 15) is 5.11 Å². The largest absolute Gasteiger partial charge is 0.508 e. The molecule has 0 fully saturated rings. The first-order valence-electron chi connectivity index (χ1n) is 11.2. The van der Waals surface area contributed by atoms with Crippen LogP contribution in [-0.2, 0) is 9.47 Å². The first-order valence-corrected chi connectivity index (χ1v) is 11.2. The number of benzene rings is 3. The summed E-state index contributed by atoms with van der Waals surface area (Å²) in [5.41, 5.74) is 5.74. The minimum absolute atomic E-state index is 0.257. The molecule has 0 saturated heterocycles. The molecule has 4 heteroatoms. The molecule has 3 aromatic rings. The van der Waals surface area contributed by atoms with Gasteiger partial charge in [0.15, 0.2) is 6.29 Å². The van der Waals surface area contributed by atoms with Crippen molar-refractivity contribution in [3.8, 4) is 11.5 Å². The van der Waals surface area contributed by atoms with E-state index in [0.29, 0.717) is 19.8 Å². The molecule has 168 valence electrons. The number of hydrogen-bond donors (Lipinski definition) is 1. The molecule has 4 nitrogen and oxygen atoms in total. The molecule has 0 aliphatic heterocycles. The van der Waals surface area contributed by atoms with E-state index >= 15 is 0 Å². The van der Waals surface area contributed by atoms with E-state index in [4.69, 9.17) is 14.2 Å². The van der Waals surface area contributed by atoms with Crippen molar-refractivity contribution in [1.82, 2.24) is 0 Å². The van der Waals surface area contributed by atoms with Crippen molar-refractivity contribution in [3.05, 3.63) is 95.6 Å². The third-order valence-corrected chi connectivity index (χ3v) is 5.17. The molecule has 0 atom stereocenters. The van der Waals surface area contributed by atoms with Gasteiger partial charge in [0.05, 0.1) is 0 Å². The van der Waals surface area contributed by atoms with E-state index in [1.807, 2.05) is 44.2 Å². The molecule has 0 amide bonds. The molecule has 0 aromatic heterocycles.